The molecule has 6 heteroatoms. The second kappa shape index (κ2) is 8.39. The molecule has 0 aliphatic rings. The number of non-ortho nitro benzene ring substituents is 1. The van der Waals surface area contributed by atoms with Gasteiger partial charge in [0, 0.05) is 30.4 Å². The molecule has 0 aliphatic carbocycles. The van der Waals surface area contributed by atoms with Crippen LogP contribution < -0.4 is 5.32 Å². The first-order valence-corrected chi connectivity index (χ1v) is 8.19. The highest BCUT2D eigenvalue weighted by Crippen LogP contribution is 2.21. The molecule has 0 saturated heterocycles. The third-order valence-corrected chi connectivity index (χ3v) is 4.00. The molecule has 0 aliphatic heterocycles. The van der Waals surface area contributed by atoms with E-state index < -0.39 is 4.92 Å². The second-order valence-corrected chi connectivity index (χ2v) is 6.29. The average molecular weight is 341 g/mol. The molecule has 0 fully saturated rings. The molecule has 0 spiro atoms. The monoisotopic (exact) mass is 341 g/mol. The van der Waals surface area contributed by atoms with Crippen LogP contribution in [-0.4, -0.2) is 28.3 Å². The summed E-state index contributed by atoms with van der Waals surface area (Å²) in [5.74, 6) is -0.137. The highest BCUT2D eigenvalue weighted by molar-refractivity contribution is 5.93. The fourth-order valence-electron chi connectivity index (χ4n) is 2.51. The van der Waals surface area contributed by atoms with E-state index in [-0.39, 0.29) is 24.2 Å². The normalized spacial score (nSPS) is 10.9. The molecule has 0 aromatic heterocycles. The van der Waals surface area contributed by atoms with Crippen molar-refractivity contribution in [3.63, 3.8) is 0 Å². The summed E-state index contributed by atoms with van der Waals surface area (Å²) in [6.07, 6.45) is 0. The molecule has 0 heterocycles. The van der Waals surface area contributed by atoms with Gasteiger partial charge in [-0.15, -0.1) is 0 Å². The Hall–Kier alpha value is -2.73. The van der Waals surface area contributed by atoms with Crippen molar-refractivity contribution in [3.05, 3.63) is 69.8 Å². The number of nitrogens with zero attached hydrogens (tertiary/aromatic N) is 2. The number of benzene rings is 2. The average Bonchev–Trinajstić information content (AvgIpc) is 2.56. The highest BCUT2D eigenvalue weighted by Gasteiger charge is 2.16. The Balaban J connectivity index is 2.03. The molecule has 0 radical (unpaired) electrons. The number of nitro groups is 1. The highest BCUT2D eigenvalue weighted by atomic mass is 16.6. The van der Waals surface area contributed by atoms with E-state index in [1.165, 1.54) is 12.1 Å². The van der Waals surface area contributed by atoms with Gasteiger partial charge in [-0.05, 0) is 38.0 Å². The number of nitrogens with one attached hydrogen (secondary N) is 1. The molecule has 1 amide bonds. The summed E-state index contributed by atoms with van der Waals surface area (Å²) in [5.41, 5.74) is 2.43. The minimum Gasteiger partial charge on any atom is -0.325 e. The van der Waals surface area contributed by atoms with E-state index >= 15 is 0 Å². The Morgan fingerprint density at radius 3 is 2.44 bits per heavy atom. The number of carbonyl (C=O) groups is 1. The maximum Gasteiger partial charge on any atom is 0.269 e. The van der Waals surface area contributed by atoms with Gasteiger partial charge in [0.05, 0.1) is 11.5 Å². The van der Waals surface area contributed by atoms with Crippen molar-refractivity contribution in [2.75, 3.05) is 11.9 Å². The Labute approximate surface area is 147 Å². The summed E-state index contributed by atoms with van der Waals surface area (Å²) in [6, 6.07) is 14.6. The van der Waals surface area contributed by atoms with Crippen LogP contribution in [0.4, 0.5) is 11.4 Å². The standard InChI is InChI=1S/C19H23N3O3/c1-14(2)21(12-16-7-5-4-6-8-16)13-19(23)20-18-10-9-17(22(24)25)11-15(18)3/h4-11,14H,12-13H2,1-3H3,(H,20,23). The van der Waals surface area contributed by atoms with Crippen LogP contribution in [-0.2, 0) is 11.3 Å². The van der Waals surface area contributed by atoms with Crippen molar-refractivity contribution in [2.24, 2.45) is 0 Å². The van der Waals surface area contributed by atoms with Crippen LogP contribution >= 0.6 is 0 Å². The minimum atomic E-state index is -0.445. The molecule has 6 nitrogen and oxygen atoms in total. The van der Waals surface area contributed by atoms with Gasteiger partial charge in [0.2, 0.25) is 5.91 Å². The number of rotatable bonds is 7. The van der Waals surface area contributed by atoms with Crippen molar-refractivity contribution in [1.29, 1.82) is 0 Å². The lowest BCUT2D eigenvalue weighted by atomic mass is 10.1. The molecule has 2 aromatic carbocycles. The Morgan fingerprint density at radius 1 is 1.20 bits per heavy atom. The lowest BCUT2D eigenvalue weighted by molar-refractivity contribution is -0.384. The number of hydrogen-bond donors (Lipinski definition) is 1. The first-order chi connectivity index (χ1) is 11.9. The molecular weight excluding hydrogens is 318 g/mol. The predicted octanol–water partition coefficient (Wildman–Crippen LogP) is 3.75. The molecule has 2 rings (SSSR count). The molecule has 0 bridgehead atoms. The van der Waals surface area contributed by atoms with Crippen molar-refractivity contribution < 1.29 is 9.72 Å². The van der Waals surface area contributed by atoms with Crippen LogP contribution in [0.1, 0.15) is 25.0 Å². The fourth-order valence-corrected chi connectivity index (χ4v) is 2.51. The Kier molecular flexibility index (Phi) is 6.25. The van der Waals surface area contributed by atoms with E-state index in [0.29, 0.717) is 17.8 Å². The van der Waals surface area contributed by atoms with Gasteiger partial charge >= 0.3 is 0 Å². The minimum absolute atomic E-state index is 0.0170. The molecule has 0 atom stereocenters. The van der Waals surface area contributed by atoms with Crippen molar-refractivity contribution in [2.45, 2.75) is 33.4 Å². The van der Waals surface area contributed by atoms with Gasteiger partial charge in [-0.3, -0.25) is 19.8 Å². The molecule has 25 heavy (non-hydrogen) atoms. The van der Waals surface area contributed by atoms with Gasteiger partial charge in [-0.25, -0.2) is 0 Å². The van der Waals surface area contributed by atoms with Crippen molar-refractivity contribution in [1.82, 2.24) is 4.90 Å². The van der Waals surface area contributed by atoms with Gasteiger partial charge < -0.3 is 5.32 Å². The van der Waals surface area contributed by atoms with Crippen LogP contribution in [0.25, 0.3) is 0 Å². The van der Waals surface area contributed by atoms with Crippen LogP contribution in [0, 0.1) is 17.0 Å². The summed E-state index contributed by atoms with van der Waals surface area (Å²) in [7, 11) is 0. The van der Waals surface area contributed by atoms with E-state index in [1.807, 2.05) is 44.2 Å². The number of amides is 1. The Morgan fingerprint density at radius 2 is 1.88 bits per heavy atom. The molecular formula is C19H23N3O3. The third kappa shape index (κ3) is 5.39. The number of nitro benzene ring substituents is 1. The molecule has 0 unspecified atom stereocenters. The fraction of sp³-hybridized carbons (Fsp3) is 0.316. The van der Waals surface area contributed by atoms with Crippen LogP contribution in [0.15, 0.2) is 48.5 Å². The lowest BCUT2D eigenvalue weighted by Gasteiger charge is -2.26. The molecule has 1 N–H and O–H groups in total. The van der Waals surface area contributed by atoms with Crippen molar-refractivity contribution in [3.8, 4) is 0 Å². The van der Waals surface area contributed by atoms with Crippen LogP contribution in [0.2, 0.25) is 0 Å². The van der Waals surface area contributed by atoms with E-state index in [1.54, 1.807) is 13.0 Å². The topological polar surface area (TPSA) is 75.5 Å². The zero-order valence-corrected chi connectivity index (χ0v) is 14.7. The van der Waals surface area contributed by atoms with Gasteiger partial charge in [0.1, 0.15) is 0 Å². The zero-order valence-electron chi connectivity index (χ0n) is 14.7. The van der Waals surface area contributed by atoms with Crippen molar-refractivity contribution >= 4 is 17.3 Å². The summed E-state index contributed by atoms with van der Waals surface area (Å²) in [5, 5.41) is 13.6. The quantitative estimate of drug-likeness (QED) is 0.615. The van der Waals surface area contributed by atoms with Gasteiger partial charge in [-0.2, -0.15) is 0 Å². The third-order valence-electron chi connectivity index (χ3n) is 4.00. The largest absolute Gasteiger partial charge is 0.325 e. The van der Waals surface area contributed by atoms with E-state index in [9.17, 15) is 14.9 Å². The summed E-state index contributed by atoms with van der Waals surface area (Å²) in [4.78, 5) is 24.8. The van der Waals surface area contributed by atoms with E-state index in [2.05, 4.69) is 10.2 Å². The first kappa shape index (κ1) is 18.6. The second-order valence-electron chi connectivity index (χ2n) is 6.29. The SMILES string of the molecule is Cc1cc([N+](=O)[O-])ccc1NC(=O)CN(Cc1ccccc1)C(C)C. The maximum absolute atomic E-state index is 12.4. The molecule has 0 saturated carbocycles. The number of aryl methyl sites for hydroxylation is 1. The van der Waals surface area contributed by atoms with Gasteiger partial charge in [0.25, 0.3) is 5.69 Å². The van der Waals surface area contributed by atoms with Crippen LogP contribution in [0.3, 0.4) is 0 Å². The molecule has 2 aromatic rings. The zero-order chi connectivity index (χ0) is 18.4. The van der Waals surface area contributed by atoms with Gasteiger partial charge in [0.15, 0.2) is 0 Å². The number of anilines is 1. The predicted molar refractivity (Wildman–Crippen MR) is 98.5 cm³/mol. The molecule has 132 valence electrons. The summed E-state index contributed by atoms with van der Waals surface area (Å²) >= 11 is 0. The number of hydrogen-bond acceptors (Lipinski definition) is 4. The van der Waals surface area contributed by atoms with E-state index in [0.717, 1.165) is 5.56 Å². The maximum atomic E-state index is 12.4. The van der Waals surface area contributed by atoms with Gasteiger partial charge in [-0.1, -0.05) is 30.3 Å². The van der Waals surface area contributed by atoms with E-state index in [4.69, 9.17) is 0 Å². The number of carbonyl (C=O) groups excluding carboxylic acids is 1. The van der Waals surface area contributed by atoms with Crippen LogP contribution in [0.5, 0.6) is 0 Å². The lowest BCUT2D eigenvalue weighted by Crippen LogP contribution is -2.37. The Bertz CT molecular complexity index is 745. The smallest absolute Gasteiger partial charge is 0.269 e. The first-order valence-electron chi connectivity index (χ1n) is 8.19. The summed E-state index contributed by atoms with van der Waals surface area (Å²) < 4.78 is 0. The summed E-state index contributed by atoms with van der Waals surface area (Å²) in [6.45, 7) is 6.78.